The molecule has 3 N–H and O–H groups in total. The van der Waals surface area contributed by atoms with Crippen LogP contribution in [0, 0.1) is 29.1 Å². The third-order valence-electron chi connectivity index (χ3n) is 8.14. The molecule has 5 fully saturated rings. The number of rotatable bonds is 3. The summed E-state index contributed by atoms with van der Waals surface area (Å²) in [4.78, 5) is 27.2. The van der Waals surface area contributed by atoms with E-state index in [-0.39, 0.29) is 35.1 Å². The molecule has 5 heteroatoms. The fourth-order valence-electron chi connectivity index (χ4n) is 7.10. The van der Waals surface area contributed by atoms with E-state index in [1.54, 1.807) is 4.90 Å². The Labute approximate surface area is 150 Å². The molecule has 0 aromatic heterocycles. The van der Waals surface area contributed by atoms with Crippen LogP contribution in [-0.4, -0.2) is 39.5 Å². The van der Waals surface area contributed by atoms with E-state index in [1.165, 1.54) is 6.42 Å². The van der Waals surface area contributed by atoms with Crippen LogP contribution in [-0.2, 0) is 9.59 Å². The second-order valence-electron chi connectivity index (χ2n) is 9.89. The topological polar surface area (TPSA) is 83.6 Å². The lowest BCUT2D eigenvalue weighted by Crippen LogP contribution is -2.60. The van der Waals surface area contributed by atoms with Gasteiger partial charge in [-0.2, -0.15) is 0 Å². The first-order chi connectivity index (χ1) is 11.6. The molecule has 25 heavy (non-hydrogen) atoms. The van der Waals surface area contributed by atoms with E-state index in [9.17, 15) is 14.7 Å². The van der Waals surface area contributed by atoms with Gasteiger partial charge in [0.05, 0.1) is 5.60 Å². The lowest BCUT2D eigenvalue weighted by Gasteiger charge is -2.62. The van der Waals surface area contributed by atoms with E-state index < -0.39 is 11.6 Å². The van der Waals surface area contributed by atoms with Crippen LogP contribution in [0.5, 0.6) is 0 Å². The summed E-state index contributed by atoms with van der Waals surface area (Å²) in [7, 11) is 0. The highest BCUT2D eigenvalue weighted by Crippen LogP contribution is 2.64. The Morgan fingerprint density at radius 1 is 1.12 bits per heavy atom. The highest BCUT2D eigenvalue weighted by atomic mass is 16.3. The van der Waals surface area contributed by atoms with E-state index in [2.05, 4.69) is 6.92 Å². The first-order valence-electron chi connectivity index (χ1n) is 9.98. The van der Waals surface area contributed by atoms with Gasteiger partial charge in [-0.15, -0.1) is 0 Å². The van der Waals surface area contributed by atoms with E-state index in [4.69, 9.17) is 5.73 Å². The highest BCUT2D eigenvalue weighted by Gasteiger charge is 2.60. The number of amides is 2. The number of nitrogens with zero attached hydrogens (tertiary/aromatic N) is 1. The molecule has 4 saturated carbocycles. The minimum atomic E-state index is -0.564. The molecular formula is C20H32N2O3. The first kappa shape index (κ1) is 17.3. The minimum absolute atomic E-state index is 0.0458. The van der Waals surface area contributed by atoms with Crippen LogP contribution >= 0.6 is 0 Å². The largest absolute Gasteiger partial charge is 0.390 e. The molecule has 140 valence electrons. The van der Waals surface area contributed by atoms with Crippen molar-refractivity contribution in [1.29, 1.82) is 0 Å². The van der Waals surface area contributed by atoms with E-state index in [0.717, 1.165) is 32.1 Å². The zero-order valence-corrected chi connectivity index (χ0v) is 15.7. The maximum atomic E-state index is 13.5. The predicted molar refractivity (Wildman–Crippen MR) is 94.3 cm³/mol. The standard InChI is InChI=1S/C20H32N2O3/c1-11-4-16(17(21)23)22(13(11)3)18(24)12(2)19-6-14-5-15(7-19)9-20(25,8-14)10-19/h11-16,25H,4-10H2,1-3H3,(H2,21,23)/t11-,12+,13?,14?,15?,16-,19?,20?/m0/s1. The van der Waals surface area contributed by atoms with Gasteiger partial charge in [-0.05, 0) is 75.0 Å². The maximum absolute atomic E-state index is 13.5. The Bertz CT molecular complexity index is 590. The van der Waals surface area contributed by atoms with Gasteiger partial charge in [0.2, 0.25) is 11.8 Å². The van der Waals surface area contributed by atoms with Crippen molar-refractivity contribution in [2.75, 3.05) is 0 Å². The number of hydrogen-bond acceptors (Lipinski definition) is 3. The quantitative estimate of drug-likeness (QED) is 0.819. The number of nitrogens with two attached hydrogens (primary N) is 1. The Morgan fingerprint density at radius 3 is 2.24 bits per heavy atom. The molecule has 4 aliphatic carbocycles. The zero-order chi connectivity index (χ0) is 18.1. The van der Waals surface area contributed by atoms with Crippen molar-refractivity contribution in [3.8, 4) is 0 Å². The van der Waals surface area contributed by atoms with Gasteiger partial charge in [0.1, 0.15) is 6.04 Å². The number of carbonyl (C=O) groups excluding carboxylic acids is 2. The van der Waals surface area contributed by atoms with Crippen molar-refractivity contribution in [2.24, 2.45) is 34.8 Å². The van der Waals surface area contributed by atoms with Crippen molar-refractivity contribution < 1.29 is 14.7 Å². The van der Waals surface area contributed by atoms with Crippen molar-refractivity contribution in [1.82, 2.24) is 4.90 Å². The molecule has 5 aliphatic rings. The Hall–Kier alpha value is -1.10. The van der Waals surface area contributed by atoms with Crippen LogP contribution < -0.4 is 5.73 Å². The summed E-state index contributed by atoms with van der Waals surface area (Å²) in [5.74, 6) is 0.938. The predicted octanol–water partition coefficient (Wildman–Crippen LogP) is 2.06. The number of aliphatic hydroxyl groups is 1. The molecular weight excluding hydrogens is 316 g/mol. The lowest BCUT2D eigenvalue weighted by molar-refractivity contribution is -0.187. The van der Waals surface area contributed by atoms with Gasteiger partial charge in [0.15, 0.2) is 0 Å². The fourth-order valence-corrected chi connectivity index (χ4v) is 7.10. The van der Waals surface area contributed by atoms with Gasteiger partial charge in [0, 0.05) is 12.0 Å². The van der Waals surface area contributed by atoms with Crippen molar-refractivity contribution in [3.05, 3.63) is 0 Å². The maximum Gasteiger partial charge on any atom is 0.240 e. The molecule has 0 spiro atoms. The molecule has 1 aliphatic heterocycles. The molecule has 5 nitrogen and oxygen atoms in total. The number of primary amides is 1. The summed E-state index contributed by atoms with van der Waals surface area (Å²) in [6.45, 7) is 6.16. The van der Waals surface area contributed by atoms with Crippen molar-refractivity contribution in [2.45, 2.75) is 83.4 Å². The highest BCUT2D eigenvalue weighted by molar-refractivity contribution is 5.88. The van der Waals surface area contributed by atoms with Gasteiger partial charge in [-0.1, -0.05) is 13.8 Å². The first-order valence-corrected chi connectivity index (χ1v) is 9.98. The lowest BCUT2D eigenvalue weighted by atomic mass is 9.45. The number of hydrogen-bond donors (Lipinski definition) is 2. The second-order valence-corrected chi connectivity index (χ2v) is 9.89. The average molecular weight is 348 g/mol. The number of carbonyl (C=O) groups is 2. The van der Waals surface area contributed by atoms with Crippen LogP contribution in [0.3, 0.4) is 0 Å². The third-order valence-corrected chi connectivity index (χ3v) is 8.14. The molecule has 2 amide bonds. The SMILES string of the molecule is CC1[C@@H](C)C[C@@H](C(N)=O)N1C(=O)[C@@H](C)C12CC3CC(CC(O)(C3)C1)C2. The van der Waals surface area contributed by atoms with E-state index in [0.29, 0.717) is 18.3 Å². The molecule has 6 atom stereocenters. The zero-order valence-electron chi connectivity index (χ0n) is 15.7. The number of likely N-dealkylation sites (tertiary alicyclic amines) is 1. The summed E-state index contributed by atoms with van der Waals surface area (Å²) in [5.41, 5.74) is 4.95. The molecule has 1 saturated heterocycles. The summed E-state index contributed by atoms with van der Waals surface area (Å²) in [6, 6.07) is -0.429. The Kier molecular flexibility index (Phi) is 3.77. The summed E-state index contributed by atoms with van der Waals surface area (Å²) >= 11 is 0. The van der Waals surface area contributed by atoms with Gasteiger partial charge in [-0.3, -0.25) is 9.59 Å². The van der Waals surface area contributed by atoms with Gasteiger partial charge in [-0.25, -0.2) is 0 Å². The normalized spacial score (nSPS) is 49.4. The Balaban J connectivity index is 1.61. The monoisotopic (exact) mass is 348 g/mol. The van der Waals surface area contributed by atoms with E-state index >= 15 is 0 Å². The minimum Gasteiger partial charge on any atom is -0.390 e. The van der Waals surface area contributed by atoms with Crippen LogP contribution in [0.1, 0.15) is 65.7 Å². The summed E-state index contributed by atoms with van der Waals surface area (Å²) < 4.78 is 0. The summed E-state index contributed by atoms with van der Waals surface area (Å²) in [5, 5.41) is 11.0. The van der Waals surface area contributed by atoms with Gasteiger partial charge < -0.3 is 15.7 Å². The van der Waals surface area contributed by atoms with Crippen molar-refractivity contribution >= 4 is 11.8 Å². The van der Waals surface area contributed by atoms with Crippen LogP contribution in [0.15, 0.2) is 0 Å². The molecule has 3 unspecified atom stereocenters. The molecule has 0 aromatic carbocycles. The molecule has 1 heterocycles. The smallest absolute Gasteiger partial charge is 0.240 e. The van der Waals surface area contributed by atoms with Crippen LogP contribution in [0.25, 0.3) is 0 Å². The molecule has 5 rings (SSSR count). The molecule has 4 bridgehead atoms. The summed E-state index contributed by atoms with van der Waals surface area (Å²) in [6.07, 6.45) is 6.55. The average Bonchev–Trinajstić information content (AvgIpc) is 2.79. The van der Waals surface area contributed by atoms with Gasteiger partial charge >= 0.3 is 0 Å². The van der Waals surface area contributed by atoms with Crippen LogP contribution in [0.2, 0.25) is 0 Å². The van der Waals surface area contributed by atoms with Gasteiger partial charge in [0.25, 0.3) is 0 Å². The van der Waals surface area contributed by atoms with Crippen molar-refractivity contribution in [3.63, 3.8) is 0 Å². The van der Waals surface area contributed by atoms with E-state index in [1.807, 2.05) is 13.8 Å². The van der Waals surface area contributed by atoms with Crippen LogP contribution in [0.4, 0.5) is 0 Å². The Morgan fingerprint density at radius 2 is 1.72 bits per heavy atom. The molecule has 0 radical (unpaired) electrons. The fraction of sp³-hybridized carbons (Fsp3) is 0.900. The third kappa shape index (κ3) is 2.53. The second kappa shape index (κ2) is 5.45. The molecule has 0 aromatic rings.